The van der Waals surface area contributed by atoms with Crippen LogP contribution in [0.25, 0.3) is 0 Å². The number of rotatable bonds is 5. The van der Waals surface area contributed by atoms with Crippen molar-refractivity contribution in [2.45, 2.75) is 57.7 Å². The molecule has 1 aliphatic rings. The van der Waals surface area contributed by atoms with Crippen molar-refractivity contribution in [3.05, 3.63) is 0 Å². The van der Waals surface area contributed by atoms with E-state index >= 15 is 0 Å². The summed E-state index contributed by atoms with van der Waals surface area (Å²) in [5, 5.41) is 11.9. The van der Waals surface area contributed by atoms with Crippen LogP contribution in [0, 0.1) is 0 Å². The molecule has 4 nitrogen and oxygen atoms in total. The molecule has 1 rings (SSSR count). The van der Waals surface area contributed by atoms with Gasteiger partial charge in [-0.1, -0.05) is 12.8 Å². The Hall–Kier alpha value is -0.610. The van der Waals surface area contributed by atoms with Crippen molar-refractivity contribution < 1.29 is 9.90 Å². The molecule has 16 heavy (non-hydrogen) atoms. The molecule has 0 aromatic carbocycles. The molecule has 0 aliphatic heterocycles. The zero-order valence-corrected chi connectivity index (χ0v) is 10.6. The number of carboxylic acid groups (broad SMARTS) is 1. The second-order valence-corrected chi connectivity index (χ2v) is 4.99. The summed E-state index contributed by atoms with van der Waals surface area (Å²) in [5.74, 6) is -0.767. The third kappa shape index (κ3) is 3.76. The van der Waals surface area contributed by atoms with Crippen molar-refractivity contribution in [3.63, 3.8) is 0 Å². The van der Waals surface area contributed by atoms with Gasteiger partial charge in [0.2, 0.25) is 0 Å². The fourth-order valence-electron chi connectivity index (χ4n) is 2.44. The van der Waals surface area contributed by atoms with Gasteiger partial charge in [-0.05, 0) is 33.7 Å². The summed E-state index contributed by atoms with van der Waals surface area (Å²) in [6.07, 6.45) is 4.73. The van der Waals surface area contributed by atoms with Gasteiger partial charge in [-0.2, -0.15) is 0 Å². The van der Waals surface area contributed by atoms with Gasteiger partial charge in [-0.3, -0.25) is 9.69 Å². The predicted molar refractivity (Wildman–Crippen MR) is 64.6 cm³/mol. The Morgan fingerprint density at radius 2 is 2.06 bits per heavy atom. The molecule has 0 aromatic rings. The molecule has 0 bridgehead atoms. The van der Waals surface area contributed by atoms with Crippen LogP contribution in [0.1, 0.15) is 39.5 Å². The van der Waals surface area contributed by atoms with Gasteiger partial charge in [0.05, 0.1) is 6.54 Å². The van der Waals surface area contributed by atoms with Crippen LogP contribution in [0.15, 0.2) is 0 Å². The van der Waals surface area contributed by atoms with Gasteiger partial charge in [0.15, 0.2) is 0 Å². The molecule has 94 valence electrons. The highest BCUT2D eigenvalue weighted by atomic mass is 16.4. The number of carboxylic acids is 1. The Bertz CT molecular complexity index is 231. The quantitative estimate of drug-likeness (QED) is 0.745. The molecule has 0 heterocycles. The molecule has 0 amide bonds. The van der Waals surface area contributed by atoms with E-state index < -0.39 is 5.97 Å². The van der Waals surface area contributed by atoms with Crippen LogP contribution >= 0.6 is 0 Å². The Labute approximate surface area is 98.0 Å². The van der Waals surface area contributed by atoms with Gasteiger partial charge in [0.1, 0.15) is 0 Å². The van der Waals surface area contributed by atoms with Crippen molar-refractivity contribution in [1.82, 2.24) is 10.2 Å². The maximum absolute atomic E-state index is 10.6. The molecule has 0 saturated heterocycles. The van der Waals surface area contributed by atoms with E-state index in [-0.39, 0.29) is 6.54 Å². The van der Waals surface area contributed by atoms with Crippen LogP contribution in [0.3, 0.4) is 0 Å². The van der Waals surface area contributed by atoms with Crippen LogP contribution < -0.4 is 5.32 Å². The first-order valence-electron chi connectivity index (χ1n) is 6.19. The predicted octanol–water partition coefficient (Wildman–Crippen LogP) is 1.31. The first-order valence-corrected chi connectivity index (χ1v) is 6.19. The lowest BCUT2D eigenvalue weighted by molar-refractivity contribution is -0.136. The molecular weight excluding hydrogens is 204 g/mol. The van der Waals surface area contributed by atoms with Crippen molar-refractivity contribution in [3.8, 4) is 0 Å². The molecule has 1 saturated carbocycles. The topological polar surface area (TPSA) is 52.6 Å². The van der Waals surface area contributed by atoms with Crippen LogP contribution in [0.2, 0.25) is 0 Å². The number of hydrogen-bond donors (Lipinski definition) is 2. The smallest absolute Gasteiger partial charge is 0.317 e. The van der Waals surface area contributed by atoms with Gasteiger partial charge < -0.3 is 10.4 Å². The first-order chi connectivity index (χ1) is 7.52. The lowest BCUT2D eigenvalue weighted by Gasteiger charge is -2.40. The van der Waals surface area contributed by atoms with E-state index in [0.29, 0.717) is 18.1 Å². The molecule has 0 aromatic heterocycles. The highest BCUT2D eigenvalue weighted by molar-refractivity contribution is 5.69. The van der Waals surface area contributed by atoms with E-state index in [1.165, 1.54) is 19.3 Å². The summed E-state index contributed by atoms with van der Waals surface area (Å²) in [6, 6.07) is 1.32. The maximum Gasteiger partial charge on any atom is 0.317 e. The summed E-state index contributed by atoms with van der Waals surface area (Å²) in [7, 11) is 2.14. The third-order valence-corrected chi connectivity index (χ3v) is 3.58. The van der Waals surface area contributed by atoms with Gasteiger partial charge in [-0.15, -0.1) is 0 Å². The van der Waals surface area contributed by atoms with Gasteiger partial charge in [0.25, 0.3) is 0 Å². The van der Waals surface area contributed by atoms with Gasteiger partial charge >= 0.3 is 5.97 Å². The van der Waals surface area contributed by atoms with Crippen LogP contribution in [0.4, 0.5) is 0 Å². The van der Waals surface area contributed by atoms with Crippen molar-refractivity contribution in [2.75, 3.05) is 13.6 Å². The average molecular weight is 228 g/mol. The molecule has 2 atom stereocenters. The Morgan fingerprint density at radius 1 is 1.44 bits per heavy atom. The van der Waals surface area contributed by atoms with E-state index in [4.69, 9.17) is 5.11 Å². The summed E-state index contributed by atoms with van der Waals surface area (Å²) in [6.45, 7) is 4.44. The van der Waals surface area contributed by atoms with Gasteiger partial charge in [0, 0.05) is 18.1 Å². The van der Waals surface area contributed by atoms with Crippen molar-refractivity contribution in [2.24, 2.45) is 0 Å². The lowest BCUT2D eigenvalue weighted by atomic mass is 9.88. The zero-order chi connectivity index (χ0) is 12.1. The zero-order valence-electron chi connectivity index (χ0n) is 10.6. The van der Waals surface area contributed by atoms with Crippen molar-refractivity contribution in [1.29, 1.82) is 0 Å². The van der Waals surface area contributed by atoms with Gasteiger partial charge in [-0.25, -0.2) is 0 Å². The summed E-state index contributed by atoms with van der Waals surface area (Å²) in [4.78, 5) is 12.9. The Balaban J connectivity index is 2.53. The van der Waals surface area contributed by atoms with E-state index in [1.54, 1.807) is 0 Å². The first kappa shape index (κ1) is 13.5. The normalized spacial score (nSPS) is 26.3. The Kier molecular flexibility index (Phi) is 5.22. The number of likely N-dealkylation sites (N-methyl/N-ethyl adjacent to an activating group) is 1. The molecular formula is C12H24N2O2. The SMILES string of the molecule is CC(C)N(C)[C@@H]1CCCC[C@@H]1NCC(=O)O. The van der Waals surface area contributed by atoms with E-state index in [1.807, 2.05) is 0 Å². The standard InChI is InChI=1S/C12H24N2O2/c1-9(2)14(3)11-7-5-4-6-10(11)13-8-12(15)16/h9-11,13H,4-8H2,1-3H3,(H,15,16)/t10-,11+/m0/s1. The van der Waals surface area contributed by atoms with E-state index in [0.717, 1.165) is 6.42 Å². The minimum Gasteiger partial charge on any atom is -0.480 e. The largest absolute Gasteiger partial charge is 0.480 e. The summed E-state index contributed by atoms with van der Waals surface area (Å²) in [5.41, 5.74) is 0. The molecule has 2 N–H and O–H groups in total. The summed E-state index contributed by atoms with van der Waals surface area (Å²) >= 11 is 0. The minimum absolute atomic E-state index is 0.0765. The highest BCUT2D eigenvalue weighted by Crippen LogP contribution is 2.23. The van der Waals surface area contributed by atoms with Crippen LogP contribution in [-0.4, -0.2) is 47.7 Å². The van der Waals surface area contributed by atoms with Crippen molar-refractivity contribution >= 4 is 5.97 Å². The molecule has 4 heteroatoms. The lowest BCUT2D eigenvalue weighted by Crippen LogP contribution is -2.53. The number of aliphatic carboxylic acids is 1. The van der Waals surface area contributed by atoms with E-state index in [9.17, 15) is 4.79 Å². The number of hydrogen-bond acceptors (Lipinski definition) is 3. The second-order valence-electron chi connectivity index (χ2n) is 4.99. The monoisotopic (exact) mass is 228 g/mol. The minimum atomic E-state index is -0.767. The van der Waals surface area contributed by atoms with Crippen LogP contribution in [0.5, 0.6) is 0 Å². The number of nitrogens with one attached hydrogen (secondary N) is 1. The molecule has 0 radical (unpaired) electrons. The third-order valence-electron chi connectivity index (χ3n) is 3.58. The van der Waals surface area contributed by atoms with Crippen LogP contribution in [-0.2, 0) is 4.79 Å². The highest BCUT2D eigenvalue weighted by Gasteiger charge is 2.29. The molecule has 1 fully saturated rings. The Morgan fingerprint density at radius 3 is 2.62 bits per heavy atom. The number of nitrogens with zero attached hydrogens (tertiary/aromatic N) is 1. The maximum atomic E-state index is 10.6. The van der Waals surface area contributed by atoms with E-state index in [2.05, 4.69) is 31.1 Å². The number of carbonyl (C=O) groups is 1. The fourth-order valence-corrected chi connectivity index (χ4v) is 2.44. The molecule has 0 spiro atoms. The second kappa shape index (κ2) is 6.21. The fraction of sp³-hybridized carbons (Fsp3) is 0.917. The molecule has 1 aliphatic carbocycles. The summed E-state index contributed by atoms with van der Waals surface area (Å²) < 4.78 is 0. The average Bonchev–Trinajstić information content (AvgIpc) is 2.25. The molecule has 0 unspecified atom stereocenters.